The predicted octanol–water partition coefficient (Wildman–Crippen LogP) is 6.38. The van der Waals surface area contributed by atoms with Crippen molar-refractivity contribution in [3.8, 4) is 17.2 Å². The SMILES string of the molecule is CC(=CCCC(C)=CC[C@@]1(O)C(=O)c2c(O)cc(C)c3c(O)c(C)c(O)c(c23)C1=O)CCC=C(C)CC[C@H](O)C(C)(C)O. The highest BCUT2D eigenvalue weighted by atomic mass is 16.3. The first-order chi connectivity index (χ1) is 19.9. The average molecular weight is 595 g/mol. The van der Waals surface area contributed by atoms with E-state index < -0.39 is 40.4 Å². The molecule has 43 heavy (non-hydrogen) atoms. The molecule has 234 valence electrons. The monoisotopic (exact) mass is 594 g/mol. The maximum absolute atomic E-state index is 13.6. The highest BCUT2D eigenvalue weighted by Crippen LogP contribution is 2.49. The molecule has 0 spiro atoms. The van der Waals surface area contributed by atoms with E-state index >= 15 is 0 Å². The lowest BCUT2D eigenvalue weighted by Crippen LogP contribution is -2.49. The van der Waals surface area contributed by atoms with Crippen molar-refractivity contribution in [2.45, 2.75) is 111 Å². The van der Waals surface area contributed by atoms with Gasteiger partial charge >= 0.3 is 0 Å². The Morgan fingerprint density at radius 3 is 1.91 bits per heavy atom. The van der Waals surface area contributed by atoms with Gasteiger partial charge in [-0.1, -0.05) is 34.9 Å². The molecule has 0 aliphatic heterocycles. The van der Waals surface area contributed by atoms with E-state index in [1.54, 1.807) is 26.8 Å². The maximum atomic E-state index is 13.6. The summed E-state index contributed by atoms with van der Waals surface area (Å²) in [6.07, 6.45) is 9.19. The number of phenols is 3. The van der Waals surface area contributed by atoms with E-state index in [0.717, 1.165) is 31.3 Å². The van der Waals surface area contributed by atoms with Gasteiger partial charge in [0.25, 0.3) is 0 Å². The molecule has 2 atom stereocenters. The number of hydrogen-bond acceptors (Lipinski definition) is 8. The number of carbonyl (C=O) groups excluding carboxylic acids is 2. The second-order valence-electron chi connectivity index (χ2n) is 12.7. The molecule has 2 aromatic carbocycles. The zero-order valence-corrected chi connectivity index (χ0v) is 26.3. The molecule has 2 aromatic rings. The number of aryl methyl sites for hydroxylation is 1. The Labute approximate surface area is 253 Å². The molecular formula is C35H46O8. The van der Waals surface area contributed by atoms with Crippen LogP contribution in [0.2, 0.25) is 0 Å². The molecule has 8 heteroatoms. The lowest BCUT2D eigenvalue weighted by Gasteiger charge is -2.32. The fraction of sp³-hybridized carbons (Fsp3) is 0.486. The second kappa shape index (κ2) is 13.0. The van der Waals surface area contributed by atoms with Gasteiger partial charge in [-0.3, -0.25) is 9.59 Å². The molecule has 1 aliphatic rings. The number of ketones is 2. The Kier molecular flexibility index (Phi) is 10.3. The number of aliphatic hydroxyl groups excluding tert-OH is 1. The molecule has 1 aliphatic carbocycles. The largest absolute Gasteiger partial charge is 0.507 e. The minimum atomic E-state index is -2.51. The van der Waals surface area contributed by atoms with Gasteiger partial charge in [-0.2, -0.15) is 0 Å². The zero-order chi connectivity index (χ0) is 32.4. The van der Waals surface area contributed by atoms with Gasteiger partial charge in [-0.05, 0) is 98.6 Å². The number of carbonyl (C=O) groups is 2. The van der Waals surface area contributed by atoms with Crippen LogP contribution in [0.4, 0.5) is 0 Å². The van der Waals surface area contributed by atoms with Crippen molar-refractivity contribution in [1.82, 2.24) is 0 Å². The lowest BCUT2D eigenvalue weighted by molar-refractivity contribution is -0.0509. The van der Waals surface area contributed by atoms with Crippen molar-refractivity contribution < 1.29 is 40.2 Å². The quantitative estimate of drug-likeness (QED) is 0.122. The Morgan fingerprint density at radius 1 is 0.837 bits per heavy atom. The number of rotatable bonds is 12. The fourth-order valence-electron chi connectivity index (χ4n) is 5.55. The second-order valence-corrected chi connectivity index (χ2v) is 12.7. The third-order valence-electron chi connectivity index (χ3n) is 8.58. The van der Waals surface area contributed by atoms with Crippen molar-refractivity contribution in [2.24, 2.45) is 0 Å². The molecule has 0 unspecified atom stereocenters. The van der Waals surface area contributed by atoms with E-state index in [-0.39, 0.29) is 39.6 Å². The molecule has 3 rings (SSSR count). The van der Waals surface area contributed by atoms with Gasteiger partial charge in [-0.15, -0.1) is 0 Å². The summed E-state index contributed by atoms with van der Waals surface area (Å²) in [5, 5.41) is 63.5. The van der Waals surface area contributed by atoms with Crippen LogP contribution < -0.4 is 0 Å². The van der Waals surface area contributed by atoms with Crippen molar-refractivity contribution in [1.29, 1.82) is 0 Å². The normalized spacial score (nSPS) is 19.0. The summed E-state index contributed by atoms with van der Waals surface area (Å²) in [5.41, 5.74) is -0.443. The number of phenolic OH excluding ortho intramolecular Hbond substituents is 3. The minimum absolute atomic E-state index is 0.0455. The Morgan fingerprint density at radius 2 is 1.35 bits per heavy atom. The molecule has 8 nitrogen and oxygen atoms in total. The lowest BCUT2D eigenvalue weighted by atomic mass is 9.73. The van der Waals surface area contributed by atoms with Gasteiger partial charge < -0.3 is 30.6 Å². The van der Waals surface area contributed by atoms with E-state index in [0.29, 0.717) is 18.4 Å². The number of Topliss-reactive ketones (excluding diaryl/α,β-unsaturated/α-hetero) is 2. The average Bonchev–Trinajstić information content (AvgIpc) is 2.91. The Balaban J connectivity index is 1.67. The first-order valence-electron chi connectivity index (χ1n) is 14.8. The van der Waals surface area contributed by atoms with Crippen LogP contribution in [0, 0.1) is 13.8 Å². The molecule has 6 N–H and O–H groups in total. The summed E-state index contributed by atoms with van der Waals surface area (Å²) in [7, 11) is 0. The highest BCUT2D eigenvalue weighted by Gasteiger charge is 2.51. The molecule has 0 fully saturated rings. The molecular weight excluding hydrogens is 548 g/mol. The smallest absolute Gasteiger partial charge is 0.207 e. The third-order valence-corrected chi connectivity index (χ3v) is 8.58. The summed E-state index contributed by atoms with van der Waals surface area (Å²) in [5.74, 6) is -3.16. The van der Waals surface area contributed by atoms with Gasteiger partial charge in [0.1, 0.15) is 17.2 Å². The number of benzene rings is 2. The summed E-state index contributed by atoms with van der Waals surface area (Å²) >= 11 is 0. The van der Waals surface area contributed by atoms with Crippen LogP contribution in [-0.4, -0.2) is 59.5 Å². The van der Waals surface area contributed by atoms with E-state index in [9.17, 15) is 40.2 Å². The van der Waals surface area contributed by atoms with Gasteiger partial charge in [0, 0.05) is 22.8 Å². The summed E-state index contributed by atoms with van der Waals surface area (Å²) < 4.78 is 0. The van der Waals surface area contributed by atoms with Crippen LogP contribution in [0.1, 0.15) is 111 Å². The number of aliphatic hydroxyl groups is 3. The minimum Gasteiger partial charge on any atom is -0.507 e. The van der Waals surface area contributed by atoms with Crippen LogP contribution in [0.5, 0.6) is 17.2 Å². The van der Waals surface area contributed by atoms with Gasteiger partial charge in [0.15, 0.2) is 5.60 Å². The summed E-state index contributed by atoms with van der Waals surface area (Å²) in [6, 6.07) is 1.31. The molecule has 0 aromatic heterocycles. The van der Waals surface area contributed by atoms with Crippen LogP contribution in [0.25, 0.3) is 10.8 Å². The van der Waals surface area contributed by atoms with Crippen molar-refractivity contribution in [3.63, 3.8) is 0 Å². The first-order valence-corrected chi connectivity index (χ1v) is 14.8. The number of allylic oxidation sites excluding steroid dienone is 5. The van der Waals surface area contributed by atoms with Crippen LogP contribution >= 0.6 is 0 Å². The highest BCUT2D eigenvalue weighted by molar-refractivity contribution is 6.36. The van der Waals surface area contributed by atoms with E-state index in [1.165, 1.54) is 24.1 Å². The molecule has 0 radical (unpaired) electrons. The van der Waals surface area contributed by atoms with E-state index in [1.807, 2.05) is 13.8 Å². The molecule has 0 amide bonds. The van der Waals surface area contributed by atoms with Crippen LogP contribution in [0.3, 0.4) is 0 Å². The Bertz CT molecular complexity index is 1520. The fourth-order valence-corrected chi connectivity index (χ4v) is 5.55. The van der Waals surface area contributed by atoms with Crippen LogP contribution in [-0.2, 0) is 0 Å². The molecule has 0 heterocycles. The van der Waals surface area contributed by atoms with E-state index in [2.05, 4.69) is 19.1 Å². The Hall–Kier alpha value is -3.46. The summed E-state index contributed by atoms with van der Waals surface area (Å²) in [4.78, 5) is 27.1. The van der Waals surface area contributed by atoms with Gasteiger partial charge in [0.2, 0.25) is 11.6 Å². The zero-order valence-electron chi connectivity index (χ0n) is 26.3. The van der Waals surface area contributed by atoms with Gasteiger partial charge in [-0.25, -0.2) is 0 Å². The standard InChI is InChI=1S/C35H46O8/c1-19(10-8-12-20(2)14-15-25(37)34(6,7)42)11-9-13-21(3)16-17-35(43)32(40)27-24(36)18-22(4)26-28(27)29(33(35)41)31(39)23(5)30(26)38/h11-12,16,18,25,36-39,42-43H,8-10,13-15,17H2,1-7H3/t25-,35+/m0/s1. The number of aromatic hydroxyl groups is 3. The van der Waals surface area contributed by atoms with Crippen molar-refractivity contribution >= 4 is 22.3 Å². The maximum Gasteiger partial charge on any atom is 0.207 e. The van der Waals surface area contributed by atoms with Crippen molar-refractivity contribution in [3.05, 3.63) is 63.3 Å². The molecule has 0 saturated carbocycles. The summed E-state index contributed by atoms with van der Waals surface area (Å²) in [6.45, 7) is 12.2. The van der Waals surface area contributed by atoms with Crippen LogP contribution in [0.15, 0.2) is 41.0 Å². The first kappa shape index (κ1) is 34.0. The van der Waals surface area contributed by atoms with Gasteiger partial charge in [0.05, 0.1) is 22.8 Å². The third kappa shape index (κ3) is 7.03. The molecule has 0 saturated heterocycles. The topological polar surface area (TPSA) is 156 Å². The predicted molar refractivity (Wildman–Crippen MR) is 168 cm³/mol. The number of hydrogen-bond donors (Lipinski definition) is 6. The van der Waals surface area contributed by atoms with E-state index in [4.69, 9.17) is 0 Å². The molecule has 0 bridgehead atoms. The van der Waals surface area contributed by atoms with Crippen molar-refractivity contribution in [2.75, 3.05) is 0 Å².